The van der Waals surface area contributed by atoms with Crippen LogP contribution < -0.4 is 10.6 Å². The largest absolute Gasteiger partial charge is 0.377 e. The van der Waals surface area contributed by atoms with Gasteiger partial charge in [0.25, 0.3) is 0 Å². The van der Waals surface area contributed by atoms with E-state index in [1.807, 2.05) is 24.9 Å². The standard InChI is InChI=1S/C14H26N4OS/c1-6-14(7-2,20-5)10-16-12-8-11(15-3)17-13(18-12)9-19-4/h8H,6-7,9-10H2,1-5H3,(H2,15,16,17,18). The van der Waals surface area contributed by atoms with Crippen LogP contribution in [0, 0.1) is 0 Å². The van der Waals surface area contributed by atoms with Crippen molar-refractivity contribution in [3.63, 3.8) is 0 Å². The van der Waals surface area contributed by atoms with Gasteiger partial charge >= 0.3 is 0 Å². The first kappa shape index (κ1) is 17.0. The summed E-state index contributed by atoms with van der Waals surface area (Å²) in [7, 11) is 3.50. The highest BCUT2D eigenvalue weighted by Crippen LogP contribution is 2.30. The zero-order valence-electron chi connectivity index (χ0n) is 13.1. The van der Waals surface area contributed by atoms with Gasteiger partial charge in [0.1, 0.15) is 18.2 Å². The average molecular weight is 298 g/mol. The summed E-state index contributed by atoms with van der Waals surface area (Å²) in [5.41, 5.74) is 0. The van der Waals surface area contributed by atoms with Gasteiger partial charge < -0.3 is 15.4 Å². The number of ether oxygens (including phenoxy) is 1. The molecule has 6 heteroatoms. The SMILES string of the molecule is CCC(CC)(CNc1cc(NC)nc(COC)n1)SC. The van der Waals surface area contributed by atoms with E-state index in [4.69, 9.17) is 4.74 Å². The Kier molecular flexibility index (Phi) is 7.09. The van der Waals surface area contributed by atoms with Crippen LogP contribution in [0.15, 0.2) is 6.07 Å². The molecular formula is C14H26N4OS. The summed E-state index contributed by atoms with van der Waals surface area (Å²) in [6.07, 6.45) is 4.43. The first-order valence-electron chi connectivity index (χ1n) is 6.96. The number of anilines is 2. The summed E-state index contributed by atoms with van der Waals surface area (Å²) >= 11 is 1.91. The third kappa shape index (κ3) is 4.52. The number of hydrogen-bond donors (Lipinski definition) is 2. The maximum Gasteiger partial charge on any atom is 0.158 e. The van der Waals surface area contributed by atoms with E-state index in [9.17, 15) is 0 Å². The van der Waals surface area contributed by atoms with E-state index >= 15 is 0 Å². The average Bonchev–Trinajstić information content (AvgIpc) is 2.49. The summed E-state index contributed by atoms with van der Waals surface area (Å²) in [6.45, 7) is 5.78. The third-order valence-corrected chi connectivity index (χ3v) is 5.20. The Hall–Kier alpha value is -1.01. The first-order chi connectivity index (χ1) is 9.62. The van der Waals surface area contributed by atoms with Crippen molar-refractivity contribution in [1.29, 1.82) is 0 Å². The molecule has 0 radical (unpaired) electrons. The maximum absolute atomic E-state index is 5.11. The second-order valence-electron chi connectivity index (χ2n) is 4.69. The Morgan fingerprint density at radius 3 is 2.40 bits per heavy atom. The predicted molar refractivity (Wildman–Crippen MR) is 87.6 cm³/mol. The Morgan fingerprint density at radius 2 is 1.90 bits per heavy atom. The summed E-state index contributed by atoms with van der Waals surface area (Å²) < 4.78 is 5.36. The minimum Gasteiger partial charge on any atom is -0.377 e. The van der Waals surface area contributed by atoms with E-state index in [2.05, 4.69) is 40.7 Å². The Labute approximate surface area is 126 Å². The van der Waals surface area contributed by atoms with E-state index in [1.54, 1.807) is 7.11 Å². The van der Waals surface area contributed by atoms with Gasteiger partial charge in [0.15, 0.2) is 5.82 Å². The fraction of sp³-hybridized carbons (Fsp3) is 0.714. The van der Waals surface area contributed by atoms with Crippen molar-refractivity contribution in [1.82, 2.24) is 9.97 Å². The highest BCUT2D eigenvalue weighted by atomic mass is 32.2. The smallest absolute Gasteiger partial charge is 0.158 e. The molecule has 0 bridgehead atoms. The van der Waals surface area contributed by atoms with Crippen LogP contribution in [0.2, 0.25) is 0 Å². The lowest BCUT2D eigenvalue weighted by atomic mass is 10.0. The molecule has 0 saturated heterocycles. The second kappa shape index (κ2) is 8.32. The molecule has 0 aliphatic rings. The van der Waals surface area contributed by atoms with E-state index in [0.29, 0.717) is 12.4 Å². The number of rotatable bonds is 9. The third-order valence-electron chi connectivity index (χ3n) is 3.62. The molecular weight excluding hydrogens is 272 g/mol. The minimum atomic E-state index is 0.256. The summed E-state index contributed by atoms with van der Waals surface area (Å²) in [6, 6.07) is 1.93. The minimum absolute atomic E-state index is 0.256. The highest BCUT2D eigenvalue weighted by molar-refractivity contribution is 8.00. The van der Waals surface area contributed by atoms with Crippen LogP contribution in [0.4, 0.5) is 11.6 Å². The van der Waals surface area contributed by atoms with Crippen molar-refractivity contribution in [3.05, 3.63) is 11.9 Å². The monoisotopic (exact) mass is 298 g/mol. The fourth-order valence-corrected chi connectivity index (χ4v) is 2.82. The van der Waals surface area contributed by atoms with E-state index in [0.717, 1.165) is 31.0 Å². The Bertz CT molecular complexity index is 402. The second-order valence-corrected chi connectivity index (χ2v) is 5.96. The van der Waals surface area contributed by atoms with Gasteiger partial charge in [0.2, 0.25) is 0 Å². The Morgan fingerprint density at radius 1 is 1.25 bits per heavy atom. The van der Waals surface area contributed by atoms with Crippen LogP contribution >= 0.6 is 11.8 Å². The van der Waals surface area contributed by atoms with Crippen molar-refractivity contribution in [2.24, 2.45) is 0 Å². The number of hydrogen-bond acceptors (Lipinski definition) is 6. The maximum atomic E-state index is 5.11. The molecule has 5 nitrogen and oxygen atoms in total. The predicted octanol–water partition coefficient (Wildman–Crippen LogP) is 3.00. The highest BCUT2D eigenvalue weighted by Gasteiger charge is 2.24. The van der Waals surface area contributed by atoms with E-state index in [-0.39, 0.29) is 4.75 Å². The van der Waals surface area contributed by atoms with Gasteiger partial charge in [0, 0.05) is 31.5 Å². The topological polar surface area (TPSA) is 59.1 Å². The molecule has 2 N–H and O–H groups in total. The molecule has 0 fully saturated rings. The van der Waals surface area contributed by atoms with Crippen LogP contribution in [-0.2, 0) is 11.3 Å². The molecule has 114 valence electrons. The quantitative estimate of drug-likeness (QED) is 0.731. The van der Waals surface area contributed by atoms with E-state index < -0.39 is 0 Å². The summed E-state index contributed by atoms with van der Waals surface area (Å²) in [5.74, 6) is 2.33. The van der Waals surface area contributed by atoms with Crippen LogP contribution in [0.1, 0.15) is 32.5 Å². The van der Waals surface area contributed by atoms with Crippen molar-refractivity contribution >= 4 is 23.4 Å². The van der Waals surface area contributed by atoms with Crippen molar-refractivity contribution in [3.8, 4) is 0 Å². The Balaban J connectivity index is 2.83. The van der Waals surface area contributed by atoms with Crippen molar-refractivity contribution < 1.29 is 4.74 Å². The molecule has 0 amide bonds. The lowest BCUT2D eigenvalue weighted by molar-refractivity contribution is 0.178. The van der Waals surface area contributed by atoms with Gasteiger partial charge in [-0.05, 0) is 19.1 Å². The molecule has 0 saturated carbocycles. The van der Waals surface area contributed by atoms with Crippen molar-refractivity contribution in [2.75, 3.05) is 37.6 Å². The summed E-state index contributed by atoms with van der Waals surface area (Å²) in [4.78, 5) is 8.83. The number of aromatic nitrogens is 2. The van der Waals surface area contributed by atoms with Crippen LogP contribution in [0.25, 0.3) is 0 Å². The molecule has 0 aromatic carbocycles. The number of thioether (sulfide) groups is 1. The zero-order valence-corrected chi connectivity index (χ0v) is 13.9. The van der Waals surface area contributed by atoms with Gasteiger partial charge in [-0.2, -0.15) is 11.8 Å². The number of methoxy groups -OCH3 is 1. The molecule has 1 aromatic rings. The van der Waals surface area contributed by atoms with Crippen LogP contribution in [-0.4, -0.2) is 41.7 Å². The normalized spacial score (nSPS) is 11.4. The van der Waals surface area contributed by atoms with Crippen LogP contribution in [0.5, 0.6) is 0 Å². The fourth-order valence-electron chi connectivity index (χ4n) is 2.02. The zero-order chi connectivity index (χ0) is 15.0. The lowest BCUT2D eigenvalue weighted by Crippen LogP contribution is -2.32. The molecule has 1 rings (SSSR count). The summed E-state index contributed by atoms with van der Waals surface area (Å²) in [5, 5.41) is 6.50. The van der Waals surface area contributed by atoms with Crippen LogP contribution in [0.3, 0.4) is 0 Å². The molecule has 0 spiro atoms. The molecule has 20 heavy (non-hydrogen) atoms. The van der Waals surface area contributed by atoms with Gasteiger partial charge in [-0.15, -0.1) is 0 Å². The lowest BCUT2D eigenvalue weighted by Gasteiger charge is -2.30. The molecule has 0 aliphatic carbocycles. The van der Waals surface area contributed by atoms with Crippen molar-refractivity contribution in [2.45, 2.75) is 38.0 Å². The van der Waals surface area contributed by atoms with Gasteiger partial charge in [-0.1, -0.05) is 13.8 Å². The number of nitrogens with one attached hydrogen (secondary N) is 2. The molecule has 0 atom stereocenters. The van der Waals surface area contributed by atoms with Gasteiger partial charge in [-0.3, -0.25) is 0 Å². The van der Waals surface area contributed by atoms with Gasteiger partial charge in [0.05, 0.1) is 0 Å². The molecule has 1 aromatic heterocycles. The number of nitrogens with zero attached hydrogens (tertiary/aromatic N) is 2. The molecule has 1 heterocycles. The first-order valence-corrected chi connectivity index (χ1v) is 8.19. The molecule has 0 unspecified atom stereocenters. The van der Waals surface area contributed by atoms with Gasteiger partial charge in [-0.25, -0.2) is 9.97 Å². The molecule has 0 aliphatic heterocycles. The van der Waals surface area contributed by atoms with E-state index in [1.165, 1.54) is 0 Å².